The topological polar surface area (TPSA) is 57.6 Å². The molecule has 1 saturated heterocycles. The molecular weight excluding hydrogens is 409 g/mol. The third kappa shape index (κ3) is 5.12. The van der Waals surface area contributed by atoms with E-state index >= 15 is 0 Å². The number of likely N-dealkylation sites (tertiary alicyclic amines) is 1. The molecular formula is C23H25Cl2NO3. The largest absolute Gasteiger partial charge is 0.481 e. The smallest absolute Gasteiger partial charge is 0.304 e. The van der Waals surface area contributed by atoms with Crippen molar-refractivity contribution >= 4 is 35.1 Å². The Morgan fingerprint density at radius 2 is 1.79 bits per heavy atom. The molecule has 0 aliphatic carbocycles. The molecule has 29 heavy (non-hydrogen) atoms. The van der Waals surface area contributed by atoms with Crippen molar-refractivity contribution in [2.75, 3.05) is 6.54 Å². The van der Waals surface area contributed by atoms with Gasteiger partial charge in [0, 0.05) is 28.4 Å². The maximum Gasteiger partial charge on any atom is 0.304 e. The number of hydrogen-bond donors (Lipinski definition) is 1. The first-order valence-corrected chi connectivity index (χ1v) is 10.5. The molecule has 0 saturated carbocycles. The minimum Gasteiger partial charge on any atom is -0.481 e. The average molecular weight is 434 g/mol. The van der Waals surface area contributed by atoms with Gasteiger partial charge in [-0.1, -0.05) is 61.3 Å². The fraction of sp³-hybridized carbons (Fsp3) is 0.391. The second-order valence-corrected chi connectivity index (χ2v) is 8.95. The first kappa shape index (κ1) is 21.7. The van der Waals surface area contributed by atoms with Crippen molar-refractivity contribution in [2.45, 2.75) is 38.6 Å². The number of carboxylic acid groups (broad SMARTS) is 1. The summed E-state index contributed by atoms with van der Waals surface area (Å²) in [5.41, 5.74) is 2.00. The number of rotatable bonds is 6. The van der Waals surface area contributed by atoms with Crippen molar-refractivity contribution in [1.29, 1.82) is 0 Å². The van der Waals surface area contributed by atoms with Gasteiger partial charge in [0.15, 0.2) is 0 Å². The molecule has 3 atom stereocenters. The van der Waals surface area contributed by atoms with Gasteiger partial charge in [-0.05, 0) is 47.7 Å². The lowest BCUT2D eigenvalue weighted by Crippen LogP contribution is -2.48. The average Bonchev–Trinajstić information content (AvgIpc) is 2.65. The fourth-order valence-corrected chi connectivity index (χ4v) is 4.56. The molecule has 1 amide bonds. The van der Waals surface area contributed by atoms with Gasteiger partial charge in [-0.15, -0.1) is 0 Å². The number of amides is 1. The summed E-state index contributed by atoms with van der Waals surface area (Å²) in [6.45, 7) is 4.67. The number of benzene rings is 2. The molecule has 1 fully saturated rings. The predicted octanol–water partition coefficient (Wildman–Crippen LogP) is 5.80. The van der Waals surface area contributed by atoms with Crippen LogP contribution in [0.15, 0.2) is 48.5 Å². The first-order chi connectivity index (χ1) is 13.8. The fourth-order valence-electron chi connectivity index (χ4n) is 4.23. The molecule has 1 N–H and O–H groups in total. The SMILES string of the molecule is CC(C)CN1C(=O)C(CC(=O)O)CC(c2cccc(Cl)c2)C1c1ccc(Cl)cc1. The van der Waals surface area contributed by atoms with Crippen molar-refractivity contribution in [1.82, 2.24) is 4.90 Å². The number of hydrogen-bond acceptors (Lipinski definition) is 2. The molecule has 3 unspecified atom stereocenters. The van der Waals surface area contributed by atoms with Gasteiger partial charge >= 0.3 is 5.97 Å². The number of carboxylic acids is 1. The second kappa shape index (κ2) is 9.19. The van der Waals surface area contributed by atoms with Crippen LogP contribution in [0.1, 0.15) is 49.8 Å². The van der Waals surface area contributed by atoms with Crippen molar-refractivity contribution < 1.29 is 14.7 Å². The highest BCUT2D eigenvalue weighted by Gasteiger charge is 2.43. The van der Waals surface area contributed by atoms with Crippen LogP contribution in [0.3, 0.4) is 0 Å². The zero-order valence-electron chi connectivity index (χ0n) is 16.5. The Morgan fingerprint density at radius 1 is 1.10 bits per heavy atom. The van der Waals surface area contributed by atoms with E-state index in [1.165, 1.54) is 0 Å². The zero-order valence-corrected chi connectivity index (χ0v) is 18.0. The monoisotopic (exact) mass is 433 g/mol. The van der Waals surface area contributed by atoms with E-state index in [0.29, 0.717) is 23.0 Å². The molecule has 0 bridgehead atoms. The van der Waals surface area contributed by atoms with Crippen molar-refractivity contribution in [3.63, 3.8) is 0 Å². The molecule has 0 aromatic heterocycles. The third-order valence-corrected chi connectivity index (χ3v) is 5.85. The van der Waals surface area contributed by atoms with E-state index in [4.69, 9.17) is 23.2 Å². The zero-order chi connectivity index (χ0) is 21.1. The Morgan fingerprint density at radius 3 is 2.38 bits per heavy atom. The highest BCUT2D eigenvalue weighted by molar-refractivity contribution is 6.30. The van der Waals surface area contributed by atoms with Crippen LogP contribution in [0.4, 0.5) is 0 Å². The van der Waals surface area contributed by atoms with Crippen LogP contribution in [0.25, 0.3) is 0 Å². The van der Waals surface area contributed by atoms with E-state index in [1.54, 1.807) is 0 Å². The van der Waals surface area contributed by atoms with Crippen LogP contribution in [0, 0.1) is 11.8 Å². The van der Waals surface area contributed by atoms with E-state index in [9.17, 15) is 14.7 Å². The predicted molar refractivity (Wildman–Crippen MR) is 115 cm³/mol. The highest BCUT2D eigenvalue weighted by Crippen LogP contribution is 2.46. The van der Waals surface area contributed by atoms with Gasteiger partial charge in [0.2, 0.25) is 5.91 Å². The molecule has 2 aromatic rings. The quantitative estimate of drug-likeness (QED) is 0.626. The molecule has 4 nitrogen and oxygen atoms in total. The lowest BCUT2D eigenvalue weighted by molar-refractivity contribution is -0.150. The van der Waals surface area contributed by atoms with Crippen LogP contribution >= 0.6 is 23.2 Å². The van der Waals surface area contributed by atoms with Crippen molar-refractivity contribution in [3.8, 4) is 0 Å². The Bertz CT molecular complexity index is 882. The Hall–Kier alpha value is -2.04. The molecule has 1 aliphatic heterocycles. The minimum absolute atomic E-state index is 0.0596. The Kier molecular flexibility index (Phi) is 6.86. The maximum atomic E-state index is 13.3. The van der Waals surface area contributed by atoms with Gasteiger partial charge in [0.25, 0.3) is 0 Å². The van der Waals surface area contributed by atoms with E-state index in [0.717, 1.165) is 11.1 Å². The van der Waals surface area contributed by atoms with Crippen LogP contribution in [-0.4, -0.2) is 28.4 Å². The van der Waals surface area contributed by atoms with Crippen LogP contribution in [-0.2, 0) is 9.59 Å². The van der Waals surface area contributed by atoms with Crippen LogP contribution in [0.5, 0.6) is 0 Å². The summed E-state index contributed by atoms with van der Waals surface area (Å²) < 4.78 is 0. The molecule has 3 rings (SSSR count). The maximum absolute atomic E-state index is 13.3. The van der Waals surface area contributed by atoms with Gasteiger partial charge in [0.05, 0.1) is 12.5 Å². The molecule has 0 radical (unpaired) electrons. The summed E-state index contributed by atoms with van der Waals surface area (Å²) in [6.07, 6.45) is 0.297. The number of nitrogens with zero attached hydrogens (tertiary/aromatic N) is 1. The summed E-state index contributed by atoms with van der Waals surface area (Å²) in [7, 11) is 0. The molecule has 1 aliphatic rings. The van der Waals surface area contributed by atoms with Gasteiger partial charge in [-0.25, -0.2) is 0 Å². The van der Waals surface area contributed by atoms with Gasteiger partial charge in [0.1, 0.15) is 0 Å². The summed E-state index contributed by atoms with van der Waals surface area (Å²) >= 11 is 12.3. The van der Waals surface area contributed by atoms with E-state index in [2.05, 4.69) is 13.8 Å². The molecule has 1 heterocycles. The highest BCUT2D eigenvalue weighted by atomic mass is 35.5. The summed E-state index contributed by atoms with van der Waals surface area (Å²) in [4.78, 5) is 26.6. The van der Waals surface area contributed by atoms with Crippen LogP contribution in [0.2, 0.25) is 10.0 Å². The summed E-state index contributed by atoms with van der Waals surface area (Å²) in [6, 6.07) is 15.0. The lowest BCUT2D eigenvalue weighted by atomic mass is 9.74. The molecule has 0 spiro atoms. The van der Waals surface area contributed by atoms with Crippen molar-refractivity contribution in [2.24, 2.45) is 11.8 Å². The van der Waals surface area contributed by atoms with Gasteiger partial charge in [-0.3, -0.25) is 9.59 Å². The van der Waals surface area contributed by atoms with E-state index in [-0.39, 0.29) is 30.2 Å². The van der Waals surface area contributed by atoms with Crippen LogP contribution < -0.4 is 0 Å². The second-order valence-electron chi connectivity index (χ2n) is 8.07. The van der Waals surface area contributed by atoms with Gasteiger partial charge < -0.3 is 10.0 Å². The van der Waals surface area contributed by atoms with Crippen molar-refractivity contribution in [3.05, 3.63) is 69.7 Å². The minimum atomic E-state index is -0.956. The summed E-state index contributed by atoms with van der Waals surface area (Å²) in [5.74, 6) is -1.42. The number of aliphatic carboxylic acids is 1. The third-order valence-electron chi connectivity index (χ3n) is 5.36. The normalized spacial score (nSPS) is 22.2. The number of halogens is 2. The summed E-state index contributed by atoms with van der Waals surface area (Å²) in [5, 5.41) is 10.6. The lowest BCUT2D eigenvalue weighted by Gasteiger charge is -2.45. The molecule has 154 valence electrons. The van der Waals surface area contributed by atoms with E-state index < -0.39 is 11.9 Å². The van der Waals surface area contributed by atoms with Gasteiger partial charge in [-0.2, -0.15) is 0 Å². The molecule has 6 heteroatoms. The van der Waals surface area contributed by atoms with E-state index in [1.807, 2.05) is 53.4 Å². The standard InChI is InChI=1S/C23H25Cl2NO3/c1-14(2)13-26-22(15-6-8-18(24)9-7-15)20(16-4-3-5-19(25)10-16)11-17(23(26)29)12-21(27)28/h3-10,14,17,20,22H,11-13H2,1-2H3,(H,27,28). The molecule has 2 aromatic carbocycles. The number of carbonyl (C=O) groups is 2. The number of carbonyl (C=O) groups excluding carboxylic acids is 1. The number of piperidine rings is 1. The Balaban J connectivity index is 2.11. The first-order valence-electron chi connectivity index (χ1n) is 9.79. The Labute approximate surface area is 181 Å².